The van der Waals surface area contributed by atoms with E-state index in [4.69, 9.17) is 9.47 Å². The number of ketones is 1. The number of rotatable bonds is 4. The molecule has 0 radical (unpaired) electrons. The summed E-state index contributed by atoms with van der Waals surface area (Å²) < 4.78 is 25.1. The molecule has 160 valence electrons. The van der Waals surface area contributed by atoms with Crippen molar-refractivity contribution in [2.45, 2.75) is 46.1 Å². The molecule has 3 atom stereocenters. The maximum atomic E-state index is 14.9. The normalized spacial score (nSPS) is 23.8. The third-order valence-electron chi connectivity index (χ3n) is 5.52. The Labute approximate surface area is 175 Å². The summed E-state index contributed by atoms with van der Waals surface area (Å²) in [5, 5.41) is 3.14. The van der Waals surface area contributed by atoms with Crippen molar-refractivity contribution in [3.05, 3.63) is 58.2 Å². The molecule has 30 heavy (non-hydrogen) atoms. The minimum atomic E-state index is -1.01. The standard InChI is InChI=1S/C23H26FNO5/c1-11(2)30-23(28)18-13(4)25-16-10-12(3)17(22(27)29-5)21(26)20(16)19(18)14-8-6-7-9-15(14)24/h6-9,11-12,17,19,25H,10H2,1-5H3/t12-,17+,19+/m1/s1. The van der Waals surface area contributed by atoms with E-state index < -0.39 is 35.4 Å². The first kappa shape index (κ1) is 21.7. The molecule has 1 aliphatic heterocycles. The van der Waals surface area contributed by atoms with E-state index in [-0.39, 0.29) is 28.7 Å². The van der Waals surface area contributed by atoms with Crippen LogP contribution in [0.15, 0.2) is 46.8 Å². The molecule has 0 bridgehead atoms. The average Bonchev–Trinajstić information content (AvgIpc) is 2.66. The second-order valence-corrected chi connectivity index (χ2v) is 8.01. The van der Waals surface area contributed by atoms with Gasteiger partial charge in [-0.2, -0.15) is 0 Å². The maximum Gasteiger partial charge on any atom is 0.337 e. The van der Waals surface area contributed by atoms with Crippen LogP contribution < -0.4 is 5.32 Å². The van der Waals surface area contributed by atoms with Crippen molar-refractivity contribution in [1.82, 2.24) is 5.32 Å². The maximum absolute atomic E-state index is 14.9. The Balaban J connectivity index is 2.21. The van der Waals surface area contributed by atoms with E-state index in [1.807, 2.05) is 0 Å². The lowest BCUT2D eigenvalue weighted by atomic mass is 9.69. The SMILES string of the molecule is COC(=O)[C@@H]1C(=O)C2=C(C[C@H]1C)NC(C)=C(C(=O)OC(C)C)[C@@H]2c1ccccc1F. The number of carbonyl (C=O) groups excluding carboxylic acids is 3. The molecule has 1 heterocycles. The highest BCUT2D eigenvalue weighted by Gasteiger charge is 2.47. The van der Waals surface area contributed by atoms with E-state index in [0.29, 0.717) is 17.8 Å². The topological polar surface area (TPSA) is 81.7 Å². The van der Waals surface area contributed by atoms with Crippen LogP contribution >= 0.6 is 0 Å². The molecule has 0 unspecified atom stereocenters. The fraction of sp³-hybridized carbons (Fsp3) is 0.435. The molecule has 0 amide bonds. The van der Waals surface area contributed by atoms with Gasteiger partial charge in [0.25, 0.3) is 0 Å². The van der Waals surface area contributed by atoms with Gasteiger partial charge in [0.1, 0.15) is 11.7 Å². The molecule has 7 heteroatoms. The smallest absolute Gasteiger partial charge is 0.337 e. The van der Waals surface area contributed by atoms with E-state index in [2.05, 4.69) is 5.32 Å². The van der Waals surface area contributed by atoms with Crippen LogP contribution in [0, 0.1) is 17.7 Å². The number of dihydropyridines is 1. The lowest BCUT2D eigenvalue weighted by Gasteiger charge is -2.38. The predicted octanol–water partition coefficient (Wildman–Crippen LogP) is 3.39. The van der Waals surface area contributed by atoms with Gasteiger partial charge in [-0.3, -0.25) is 9.59 Å². The summed E-state index contributed by atoms with van der Waals surface area (Å²) in [6, 6.07) is 6.02. The first-order valence-electron chi connectivity index (χ1n) is 9.95. The fourth-order valence-electron chi connectivity index (χ4n) is 4.25. The highest BCUT2D eigenvalue weighted by Crippen LogP contribution is 2.46. The minimum Gasteiger partial charge on any atom is -0.468 e. The van der Waals surface area contributed by atoms with E-state index in [9.17, 15) is 18.8 Å². The lowest BCUT2D eigenvalue weighted by molar-refractivity contribution is -0.151. The van der Waals surface area contributed by atoms with Crippen LogP contribution in [0.25, 0.3) is 0 Å². The lowest BCUT2D eigenvalue weighted by Crippen LogP contribution is -2.43. The second-order valence-electron chi connectivity index (χ2n) is 8.01. The highest BCUT2D eigenvalue weighted by molar-refractivity contribution is 6.12. The van der Waals surface area contributed by atoms with Crippen LogP contribution in [0.5, 0.6) is 0 Å². The average molecular weight is 415 g/mol. The molecular weight excluding hydrogens is 389 g/mol. The number of hydrogen-bond donors (Lipinski definition) is 1. The number of carbonyl (C=O) groups is 3. The first-order valence-corrected chi connectivity index (χ1v) is 9.95. The molecule has 0 aromatic heterocycles. The van der Waals surface area contributed by atoms with Gasteiger partial charge < -0.3 is 14.8 Å². The van der Waals surface area contributed by atoms with Crippen LogP contribution in [0.2, 0.25) is 0 Å². The zero-order valence-electron chi connectivity index (χ0n) is 17.7. The van der Waals surface area contributed by atoms with Crippen molar-refractivity contribution in [3.63, 3.8) is 0 Å². The van der Waals surface area contributed by atoms with Gasteiger partial charge in [0.15, 0.2) is 5.78 Å². The number of hydrogen-bond acceptors (Lipinski definition) is 6. The second kappa shape index (κ2) is 8.42. The van der Waals surface area contributed by atoms with Crippen LogP contribution in [0.3, 0.4) is 0 Å². The first-order chi connectivity index (χ1) is 14.2. The summed E-state index contributed by atoms with van der Waals surface area (Å²) >= 11 is 0. The Kier molecular flexibility index (Phi) is 6.10. The Bertz CT molecular complexity index is 962. The van der Waals surface area contributed by atoms with Crippen molar-refractivity contribution < 1.29 is 28.2 Å². The minimum absolute atomic E-state index is 0.166. The van der Waals surface area contributed by atoms with Gasteiger partial charge in [0, 0.05) is 22.5 Å². The largest absolute Gasteiger partial charge is 0.468 e. The molecule has 2 aliphatic rings. The summed E-state index contributed by atoms with van der Waals surface area (Å²) in [4.78, 5) is 38.8. The summed E-state index contributed by atoms with van der Waals surface area (Å²) in [5.41, 5.74) is 1.67. The monoisotopic (exact) mass is 415 g/mol. The third kappa shape index (κ3) is 3.76. The molecule has 1 N–H and O–H groups in total. The van der Waals surface area contributed by atoms with Gasteiger partial charge in [-0.05, 0) is 39.2 Å². The van der Waals surface area contributed by atoms with Gasteiger partial charge >= 0.3 is 11.9 Å². The van der Waals surface area contributed by atoms with E-state index >= 15 is 0 Å². The molecule has 1 aliphatic carbocycles. The van der Waals surface area contributed by atoms with Gasteiger partial charge in [-0.25, -0.2) is 9.18 Å². The van der Waals surface area contributed by atoms with Crippen LogP contribution in [-0.4, -0.2) is 30.9 Å². The van der Waals surface area contributed by atoms with Crippen molar-refractivity contribution in [1.29, 1.82) is 0 Å². The molecule has 3 rings (SSSR count). The molecule has 0 saturated carbocycles. The number of halogens is 1. The fourth-order valence-corrected chi connectivity index (χ4v) is 4.25. The number of ether oxygens (including phenoxy) is 2. The Morgan fingerprint density at radius 1 is 1.23 bits per heavy atom. The molecule has 6 nitrogen and oxygen atoms in total. The van der Waals surface area contributed by atoms with Crippen LogP contribution in [-0.2, 0) is 23.9 Å². The number of Topliss-reactive ketones (excluding diaryl/α,β-unsaturated/α-hetero) is 1. The van der Waals surface area contributed by atoms with Crippen molar-refractivity contribution in [2.24, 2.45) is 11.8 Å². The molecule has 0 saturated heterocycles. The Hall–Kier alpha value is -2.96. The quantitative estimate of drug-likeness (QED) is 0.600. The summed E-state index contributed by atoms with van der Waals surface area (Å²) in [5.74, 6) is -4.54. The molecule has 0 fully saturated rings. The number of esters is 2. The van der Waals surface area contributed by atoms with Crippen molar-refractivity contribution >= 4 is 17.7 Å². The number of benzene rings is 1. The van der Waals surface area contributed by atoms with Crippen molar-refractivity contribution in [3.8, 4) is 0 Å². The Morgan fingerprint density at radius 2 is 1.90 bits per heavy atom. The molecule has 1 aromatic rings. The summed E-state index contributed by atoms with van der Waals surface area (Å²) in [6.45, 7) is 6.93. The van der Waals surface area contributed by atoms with Gasteiger partial charge in [-0.15, -0.1) is 0 Å². The van der Waals surface area contributed by atoms with E-state index in [0.717, 1.165) is 0 Å². The summed E-state index contributed by atoms with van der Waals surface area (Å²) in [7, 11) is 1.23. The van der Waals surface area contributed by atoms with E-state index in [1.54, 1.807) is 45.9 Å². The Morgan fingerprint density at radius 3 is 2.50 bits per heavy atom. The number of allylic oxidation sites excluding steroid dienone is 3. The van der Waals surface area contributed by atoms with E-state index in [1.165, 1.54) is 13.2 Å². The predicted molar refractivity (Wildman–Crippen MR) is 108 cm³/mol. The third-order valence-corrected chi connectivity index (χ3v) is 5.52. The van der Waals surface area contributed by atoms with Crippen LogP contribution in [0.4, 0.5) is 4.39 Å². The number of methoxy groups -OCH3 is 1. The molecule has 0 spiro atoms. The van der Waals surface area contributed by atoms with Crippen molar-refractivity contribution in [2.75, 3.05) is 7.11 Å². The van der Waals surface area contributed by atoms with Gasteiger partial charge in [0.05, 0.1) is 24.7 Å². The van der Waals surface area contributed by atoms with Gasteiger partial charge in [-0.1, -0.05) is 25.1 Å². The summed E-state index contributed by atoms with van der Waals surface area (Å²) in [6.07, 6.45) is 0.00896. The molecule has 1 aromatic carbocycles. The van der Waals surface area contributed by atoms with Gasteiger partial charge in [0.2, 0.25) is 0 Å². The zero-order chi connectivity index (χ0) is 22.2. The number of nitrogens with one attached hydrogen (secondary N) is 1. The highest BCUT2D eigenvalue weighted by atomic mass is 19.1. The van der Waals surface area contributed by atoms with Crippen LogP contribution in [0.1, 0.15) is 45.6 Å². The zero-order valence-corrected chi connectivity index (χ0v) is 17.7. The molecular formula is C23H26FNO5.